The molecule has 0 aromatic carbocycles. The Morgan fingerprint density at radius 2 is 1.82 bits per heavy atom. The quantitative estimate of drug-likeness (QED) is 0.365. The van der Waals surface area contributed by atoms with E-state index < -0.39 is 51.3 Å². The molecule has 4 N–H and O–H groups in total. The minimum atomic E-state index is -4.06. The lowest BCUT2D eigenvalue weighted by atomic mass is 10.0. The average Bonchev–Trinajstić information content (AvgIpc) is 3.70. The van der Waals surface area contributed by atoms with Crippen LogP contribution in [0.15, 0.2) is 12.2 Å². The molecule has 3 fully saturated rings. The summed E-state index contributed by atoms with van der Waals surface area (Å²) in [7, 11) is -4.06. The summed E-state index contributed by atoms with van der Waals surface area (Å²) in [6, 6.07) is -1.86. The lowest BCUT2D eigenvalue weighted by Gasteiger charge is -2.30. The SMILES string of the molecule is CC(C)(C)OC(=O)N[C@H]1CCCCC/C=C\[C@H]2C[C@@]2(C(=O)NS(=O)(=O)NC2CC2)NC(=O)[C@@H]2CCCN2C1=O. The maximum absolute atomic E-state index is 13.6. The van der Waals surface area contributed by atoms with Crippen LogP contribution < -0.4 is 20.1 Å². The van der Waals surface area contributed by atoms with Gasteiger partial charge in [0.2, 0.25) is 11.8 Å². The van der Waals surface area contributed by atoms with Crippen LogP contribution >= 0.6 is 0 Å². The Morgan fingerprint density at radius 3 is 2.51 bits per heavy atom. The number of nitrogens with one attached hydrogen (secondary N) is 4. The summed E-state index contributed by atoms with van der Waals surface area (Å²) >= 11 is 0. The van der Waals surface area contributed by atoms with E-state index in [-0.39, 0.29) is 24.3 Å². The molecule has 4 amide bonds. The van der Waals surface area contributed by atoms with Gasteiger partial charge in [0.25, 0.3) is 5.91 Å². The largest absolute Gasteiger partial charge is 0.444 e. The highest BCUT2D eigenvalue weighted by atomic mass is 32.2. The Balaban J connectivity index is 1.52. The first-order valence-corrected chi connectivity index (χ1v) is 15.4. The van der Waals surface area contributed by atoms with Gasteiger partial charge in [-0.05, 0) is 72.1 Å². The number of hydrogen-bond acceptors (Lipinski definition) is 7. The number of nitrogens with zero attached hydrogens (tertiary/aromatic N) is 1. The van der Waals surface area contributed by atoms with Crippen molar-refractivity contribution in [1.82, 2.24) is 25.0 Å². The molecule has 0 spiro atoms. The van der Waals surface area contributed by atoms with E-state index in [2.05, 4.69) is 20.1 Å². The predicted octanol–water partition coefficient (Wildman–Crippen LogP) is 1.38. The molecule has 12 nitrogen and oxygen atoms in total. The van der Waals surface area contributed by atoms with Crippen LogP contribution in [0.5, 0.6) is 0 Å². The highest BCUT2D eigenvalue weighted by Gasteiger charge is 2.61. The van der Waals surface area contributed by atoms with Crippen molar-refractivity contribution >= 4 is 34.0 Å². The van der Waals surface area contributed by atoms with Gasteiger partial charge in [-0.15, -0.1) is 0 Å². The summed E-state index contributed by atoms with van der Waals surface area (Å²) in [4.78, 5) is 54.3. The van der Waals surface area contributed by atoms with E-state index in [1.807, 2.05) is 12.2 Å². The molecule has 218 valence electrons. The van der Waals surface area contributed by atoms with Crippen LogP contribution in [-0.4, -0.2) is 72.9 Å². The molecule has 1 saturated heterocycles. The molecule has 4 aliphatic rings. The summed E-state index contributed by atoms with van der Waals surface area (Å²) in [5.41, 5.74) is -2.13. The molecule has 2 aliphatic heterocycles. The maximum Gasteiger partial charge on any atom is 0.408 e. The number of amides is 4. The molecule has 39 heavy (non-hydrogen) atoms. The van der Waals surface area contributed by atoms with Crippen molar-refractivity contribution in [2.75, 3.05) is 6.54 Å². The molecule has 0 bridgehead atoms. The van der Waals surface area contributed by atoms with Crippen molar-refractivity contribution < 1.29 is 32.3 Å². The Bertz CT molecular complexity index is 1110. The number of allylic oxidation sites excluding steroid dienone is 1. The van der Waals surface area contributed by atoms with E-state index in [0.29, 0.717) is 32.2 Å². The van der Waals surface area contributed by atoms with Gasteiger partial charge in [0.15, 0.2) is 0 Å². The predicted molar refractivity (Wildman–Crippen MR) is 142 cm³/mol. The molecular formula is C26H41N5O7S. The topological polar surface area (TPSA) is 163 Å². The summed E-state index contributed by atoms with van der Waals surface area (Å²) in [5.74, 6) is -2.02. The van der Waals surface area contributed by atoms with E-state index in [4.69, 9.17) is 4.74 Å². The van der Waals surface area contributed by atoms with Gasteiger partial charge >= 0.3 is 16.3 Å². The van der Waals surface area contributed by atoms with Gasteiger partial charge < -0.3 is 20.3 Å². The zero-order valence-electron chi connectivity index (χ0n) is 23.0. The second-order valence-electron chi connectivity index (χ2n) is 12.1. The summed E-state index contributed by atoms with van der Waals surface area (Å²) in [6.45, 7) is 5.56. The van der Waals surface area contributed by atoms with Crippen molar-refractivity contribution in [3.8, 4) is 0 Å². The fraction of sp³-hybridized carbons (Fsp3) is 0.769. The first kappa shape index (κ1) is 29.3. The van der Waals surface area contributed by atoms with Crippen molar-refractivity contribution in [2.24, 2.45) is 5.92 Å². The van der Waals surface area contributed by atoms with Crippen LogP contribution in [0.25, 0.3) is 0 Å². The molecule has 0 aromatic heterocycles. The van der Waals surface area contributed by atoms with Gasteiger partial charge in [0.05, 0.1) is 0 Å². The number of fused-ring (bicyclic) bond motifs is 2. The number of carbonyl (C=O) groups excluding carboxylic acids is 4. The van der Waals surface area contributed by atoms with Crippen LogP contribution in [0.1, 0.15) is 85.0 Å². The zero-order chi connectivity index (χ0) is 28.4. The zero-order valence-corrected chi connectivity index (χ0v) is 23.8. The molecule has 4 rings (SSSR count). The molecule has 2 aliphatic carbocycles. The lowest BCUT2D eigenvalue weighted by Crippen LogP contribution is -2.59. The van der Waals surface area contributed by atoms with Crippen LogP contribution in [0.2, 0.25) is 0 Å². The van der Waals surface area contributed by atoms with Crippen LogP contribution in [0.4, 0.5) is 4.79 Å². The van der Waals surface area contributed by atoms with Crippen molar-refractivity contribution in [2.45, 2.75) is 114 Å². The highest BCUT2D eigenvalue weighted by molar-refractivity contribution is 7.88. The number of rotatable bonds is 5. The molecule has 4 atom stereocenters. The van der Waals surface area contributed by atoms with Crippen molar-refractivity contribution in [3.05, 3.63) is 12.2 Å². The molecule has 0 radical (unpaired) electrons. The molecule has 0 unspecified atom stereocenters. The minimum absolute atomic E-state index is 0.175. The van der Waals surface area contributed by atoms with Crippen LogP contribution in [-0.2, 0) is 29.3 Å². The van der Waals surface area contributed by atoms with Gasteiger partial charge in [0, 0.05) is 18.5 Å². The highest BCUT2D eigenvalue weighted by Crippen LogP contribution is 2.45. The third kappa shape index (κ3) is 7.71. The van der Waals surface area contributed by atoms with Gasteiger partial charge in [-0.2, -0.15) is 13.1 Å². The first-order chi connectivity index (χ1) is 18.3. The molecule has 2 saturated carbocycles. The van der Waals surface area contributed by atoms with E-state index >= 15 is 0 Å². The lowest BCUT2D eigenvalue weighted by molar-refractivity contribution is -0.141. The third-order valence-electron chi connectivity index (χ3n) is 7.45. The smallest absolute Gasteiger partial charge is 0.408 e. The normalized spacial score (nSPS) is 31.1. The van der Waals surface area contributed by atoms with Gasteiger partial charge in [0.1, 0.15) is 23.2 Å². The Kier molecular flexibility index (Phi) is 8.60. The average molecular weight is 568 g/mol. The number of hydrogen-bond donors (Lipinski definition) is 4. The van der Waals surface area contributed by atoms with E-state index in [1.54, 1.807) is 20.8 Å². The van der Waals surface area contributed by atoms with E-state index in [0.717, 1.165) is 32.1 Å². The minimum Gasteiger partial charge on any atom is -0.444 e. The van der Waals surface area contributed by atoms with E-state index in [1.165, 1.54) is 4.90 Å². The Hall–Kier alpha value is -2.67. The molecule has 13 heteroatoms. The fourth-order valence-electron chi connectivity index (χ4n) is 5.21. The standard InChI is InChI=1S/C26H41N5O7S/c1-25(2,3)38-24(35)27-19-11-8-6-4-5-7-10-17-16-26(17,23(34)30-39(36,37)29-18-13-14-18)28-21(32)20-12-9-15-31(20)22(19)33/h7,10,17-20,29H,4-6,8-9,11-16H2,1-3H3,(H,27,35)(H,28,32)(H,30,34)/b10-7-/t17-,19-,20-,26+/m0/s1. The van der Waals surface area contributed by atoms with Gasteiger partial charge in [-0.1, -0.05) is 25.0 Å². The maximum atomic E-state index is 13.6. The fourth-order valence-corrected chi connectivity index (χ4v) is 6.37. The number of ether oxygens (including phenoxy) is 1. The van der Waals surface area contributed by atoms with Crippen LogP contribution in [0, 0.1) is 5.92 Å². The number of carbonyl (C=O) groups is 4. The second kappa shape index (κ2) is 11.4. The Labute approximate surface area is 230 Å². The molecule has 0 aromatic rings. The van der Waals surface area contributed by atoms with Gasteiger partial charge in [-0.3, -0.25) is 14.4 Å². The van der Waals surface area contributed by atoms with Crippen molar-refractivity contribution in [1.29, 1.82) is 0 Å². The summed E-state index contributed by atoms with van der Waals surface area (Å²) < 4.78 is 34.8. The molecular weight excluding hydrogens is 526 g/mol. The Morgan fingerprint density at radius 1 is 1.08 bits per heavy atom. The second-order valence-corrected chi connectivity index (χ2v) is 13.5. The van der Waals surface area contributed by atoms with Gasteiger partial charge in [-0.25, -0.2) is 9.52 Å². The molecule has 2 heterocycles. The van der Waals surface area contributed by atoms with Crippen molar-refractivity contribution in [3.63, 3.8) is 0 Å². The first-order valence-electron chi connectivity index (χ1n) is 13.9. The summed E-state index contributed by atoms with van der Waals surface area (Å²) in [6.07, 6.45) is 9.33. The summed E-state index contributed by atoms with van der Waals surface area (Å²) in [5, 5.41) is 5.50. The van der Waals surface area contributed by atoms with E-state index in [9.17, 15) is 27.6 Å². The number of alkyl carbamates (subject to hydrolysis) is 1. The van der Waals surface area contributed by atoms with Crippen LogP contribution in [0.3, 0.4) is 0 Å². The monoisotopic (exact) mass is 567 g/mol. The third-order valence-corrected chi connectivity index (χ3v) is 8.55.